The summed E-state index contributed by atoms with van der Waals surface area (Å²) in [6.07, 6.45) is 0. The van der Waals surface area contributed by atoms with Crippen molar-refractivity contribution in [1.82, 2.24) is 0 Å². The van der Waals surface area contributed by atoms with Gasteiger partial charge in [-0.2, -0.15) is 0 Å². The molecule has 0 spiro atoms. The van der Waals surface area contributed by atoms with Crippen LogP contribution in [0.2, 0.25) is 0 Å². The van der Waals surface area contributed by atoms with Gasteiger partial charge in [-0.25, -0.2) is 0 Å². The van der Waals surface area contributed by atoms with Crippen LogP contribution in [0.4, 0.5) is 17.1 Å². The van der Waals surface area contributed by atoms with E-state index in [1.54, 1.807) is 0 Å². The summed E-state index contributed by atoms with van der Waals surface area (Å²) >= 11 is 0. The standard InChI is InChI=1S/C52H33NO2/c1-2-11-37(12-3-1)43-15-8-16-45-46-17-9-18-48(52(46)55-51(43)45)53(41-27-22-35(23-28-41)39-21-20-34-10-4-5-13-38(34)32-39)42-29-24-36(25-30-42)40-26-31-50-47(33-40)44-14-6-7-19-49(44)54-50/h1-33H. The highest BCUT2D eigenvalue weighted by molar-refractivity contribution is 6.13. The summed E-state index contributed by atoms with van der Waals surface area (Å²) in [4.78, 5) is 2.31. The van der Waals surface area contributed by atoms with Crippen LogP contribution in [0.5, 0.6) is 0 Å². The zero-order valence-corrected chi connectivity index (χ0v) is 29.8. The number of para-hydroxylation sites is 3. The first-order chi connectivity index (χ1) is 27.2. The second-order valence-corrected chi connectivity index (χ2v) is 14.1. The number of anilines is 3. The quantitative estimate of drug-likeness (QED) is 0.173. The molecule has 0 amide bonds. The van der Waals surface area contributed by atoms with Gasteiger partial charge in [-0.05, 0) is 93.2 Å². The Kier molecular flexibility index (Phi) is 7.17. The maximum Gasteiger partial charge on any atom is 0.159 e. The lowest BCUT2D eigenvalue weighted by Gasteiger charge is -2.26. The fraction of sp³-hybridized carbons (Fsp3) is 0. The van der Waals surface area contributed by atoms with Gasteiger partial charge in [0.1, 0.15) is 16.7 Å². The zero-order valence-electron chi connectivity index (χ0n) is 29.8. The van der Waals surface area contributed by atoms with Gasteiger partial charge in [0.25, 0.3) is 0 Å². The molecule has 0 unspecified atom stereocenters. The fourth-order valence-electron chi connectivity index (χ4n) is 8.13. The zero-order chi connectivity index (χ0) is 36.3. The van der Waals surface area contributed by atoms with E-state index in [0.717, 1.165) is 83.2 Å². The number of nitrogens with zero attached hydrogens (tertiary/aromatic N) is 1. The summed E-state index contributed by atoms with van der Waals surface area (Å²) in [5.74, 6) is 0. The van der Waals surface area contributed by atoms with Crippen LogP contribution >= 0.6 is 0 Å². The third-order valence-corrected chi connectivity index (χ3v) is 10.9. The van der Waals surface area contributed by atoms with Crippen molar-refractivity contribution >= 4 is 71.7 Å². The molecule has 11 aromatic rings. The molecule has 2 aromatic heterocycles. The average molecular weight is 704 g/mol. The van der Waals surface area contributed by atoms with Gasteiger partial charge in [0.05, 0.1) is 5.69 Å². The molecule has 0 atom stereocenters. The molecule has 0 radical (unpaired) electrons. The molecule has 0 saturated heterocycles. The molecule has 0 N–H and O–H groups in total. The Morgan fingerprint density at radius 2 is 0.891 bits per heavy atom. The first-order valence-electron chi connectivity index (χ1n) is 18.7. The SMILES string of the molecule is c1ccc(-c2cccc3c2oc2c(N(c4ccc(-c5ccc6ccccc6c5)cc4)c4ccc(-c5ccc6oc7ccccc7c6c5)cc4)cccc23)cc1. The first-order valence-corrected chi connectivity index (χ1v) is 18.7. The molecule has 0 aliphatic carbocycles. The molecule has 258 valence electrons. The lowest BCUT2D eigenvalue weighted by molar-refractivity contribution is 0.669. The molecule has 9 aromatic carbocycles. The largest absolute Gasteiger partial charge is 0.456 e. The number of hydrogen-bond donors (Lipinski definition) is 0. The van der Waals surface area contributed by atoms with Crippen molar-refractivity contribution in [1.29, 1.82) is 0 Å². The lowest BCUT2D eigenvalue weighted by atomic mass is 10.0. The molecule has 0 bridgehead atoms. The monoisotopic (exact) mass is 703 g/mol. The van der Waals surface area contributed by atoms with E-state index >= 15 is 0 Å². The van der Waals surface area contributed by atoms with E-state index in [1.165, 1.54) is 21.9 Å². The van der Waals surface area contributed by atoms with Crippen LogP contribution in [0.15, 0.2) is 209 Å². The minimum absolute atomic E-state index is 0.848. The van der Waals surface area contributed by atoms with Crippen LogP contribution in [0.1, 0.15) is 0 Å². The molecule has 0 saturated carbocycles. The highest BCUT2D eigenvalue weighted by Gasteiger charge is 2.21. The van der Waals surface area contributed by atoms with Crippen molar-refractivity contribution in [3.05, 3.63) is 200 Å². The second kappa shape index (κ2) is 12.6. The van der Waals surface area contributed by atoms with E-state index in [1.807, 2.05) is 18.2 Å². The van der Waals surface area contributed by atoms with Crippen molar-refractivity contribution in [2.45, 2.75) is 0 Å². The summed E-state index contributed by atoms with van der Waals surface area (Å²) in [7, 11) is 0. The van der Waals surface area contributed by atoms with Gasteiger partial charge in [-0.1, -0.05) is 146 Å². The summed E-state index contributed by atoms with van der Waals surface area (Å²) < 4.78 is 13.1. The van der Waals surface area contributed by atoms with Gasteiger partial charge in [-0.3, -0.25) is 0 Å². The van der Waals surface area contributed by atoms with Crippen LogP contribution in [0, 0.1) is 0 Å². The van der Waals surface area contributed by atoms with E-state index in [0.29, 0.717) is 0 Å². The fourth-order valence-corrected chi connectivity index (χ4v) is 8.13. The minimum atomic E-state index is 0.848. The van der Waals surface area contributed by atoms with Gasteiger partial charge >= 0.3 is 0 Å². The van der Waals surface area contributed by atoms with Crippen LogP contribution < -0.4 is 4.90 Å². The maximum atomic E-state index is 6.94. The number of fused-ring (bicyclic) bond motifs is 7. The predicted octanol–water partition coefficient (Wildman–Crippen LogP) is 15.1. The van der Waals surface area contributed by atoms with Crippen LogP contribution in [-0.4, -0.2) is 0 Å². The predicted molar refractivity (Wildman–Crippen MR) is 229 cm³/mol. The third kappa shape index (κ3) is 5.28. The van der Waals surface area contributed by atoms with E-state index in [-0.39, 0.29) is 0 Å². The molecule has 55 heavy (non-hydrogen) atoms. The normalized spacial score (nSPS) is 11.6. The summed E-state index contributed by atoms with van der Waals surface area (Å²) in [6.45, 7) is 0. The van der Waals surface area contributed by atoms with Crippen molar-refractivity contribution in [2.24, 2.45) is 0 Å². The van der Waals surface area contributed by atoms with Crippen LogP contribution in [0.3, 0.4) is 0 Å². The molecule has 0 aliphatic heterocycles. The van der Waals surface area contributed by atoms with Gasteiger partial charge in [-0.15, -0.1) is 0 Å². The van der Waals surface area contributed by atoms with E-state index in [9.17, 15) is 0 Å². The van der Waals surface area contributed by atoms with E-state index < -0.39 is 0 Å². The Labute approximate surface area is 317 Å². The molecular formula is C52H33NO2. The smallest absolute Gasteiger partial charge is 0.159 e. The van der Waals surface area contributed by atoms with Gasteiger partial charge in [0.2, 0.25) is 0 Å². The van der Waals surface area contributed by atoms with Crippen molar-refractivity contribution in [2.75, 3.05) is 4.90 Å². The second-order valence-electron chi connectivity index (χ2n) is 14.1. The lowest BCUT2D eigenvalue weighted by Crippen LogP contribution is -2.10. The van der Waals surface area contributed by atoms with Crippen molar-refractivity contribution in [3.8, 4) is 33.4 Å². The Balaban J connectivity index is 1.05. The molecular weight excluding hydrogens is 671 g/mol. The molecule has 2 heterocycles. The highest BCUT2D eigenvalue weighted by atomic mass is 16.3. The Morgan fingerprint density at radius 1 is 0.309 bits per heavy atom. The molecule has 0 aliphatic rings. The third-order valence-electron chi connectivity index (χ3n) is 10.9. The summed E-state index contributed by atoms with van der Waals surface area (Å²) in [5.41, 5.74) is 13.4. The Bertz CT molecular complexity index is 3190. The number of benzene rings is 9. The van der Waals surface area contributed by atoms with Crippen LogP contribution in [0.25, 0.3) is 88.0 Å². The maximum absolute atomic E-state index is 6.94. The van der Waals surface area contributed by atoms with E-state index in [2.05, 4.69) is 187 Å². The van der Waals surface area contributed by atoms with Crippen molar-refractivity contribution < 1.29 is 8.83 Å². The van der Waals surface area contributed by atoms with Crippen molar-refractivity contribution in [3.63, 3.8) is 0 Å². The molecule has 3 nitrogen and oxygen atoms in total. The van der Waals surface area contributed by atoms with Gasteiger partial charge in [0, 0.05) is 38.5 Å². The topological polar surface area (TPSA) is 29.5 Å². The Hall–Kier alpha value is -7.36. The minimum Gasteiger partial charge on any atom is -0.456 e. The van der Waals surface area contributed by atoms with Crippen LogP contribution in [-0.2, 0) is 0 Å². The Morgan fingerprint density at radius 3 is 1.67 bits per heavy atom. The molecule has 3 heteroatoms. The summed E-state index contributed by atoms with van der Waals surface area (Å²) in [5, 5.41) is 6.91. The van der Waals surface area contributed by atoms with Gasteiger partial charge in [0.15, 0.2) is 5.58 Å². The van der Waals surface area contributed by atoms with Gasteiger partial charge < -0.3 is 13.7 Å². The summed E-state index contributed by atoms with van der Waals surface area (Å²) in [6, 6.07) is 70.9. The number of hydrogen-bond acceptors (Lipinski definition) is 3. The van der Waals surface area contributed by atoms with E-state index in [4.69, 9.17) is 8.83 Å². The highest BCUT2D eigenvalue weighted by Crippen LogP contribution is 2.45. The molecule has 11 rings (SSSR count). The number of rotatable bonds is 6. The first kappa shape index (κ1) is 31.2. The molecule has 0 fully saturated rings. The average Bonchev–Trinajstić information content (AvgIpc) is 3.83. The number of furan rings is 2.